The van der Waals surface area contributed by atoms with Crippen LogP contribution in [0, 0.1) is 0 Å². The van der Waals surface area contributed by atoms with Crippen molar-refractivity contribution in [2.75, 3.05) is 13.2 Å². The molecule has 2 atom stereocenters. The second-order valence-corrected chi connectivity index (χ2v) is 8.08. The number of aliphatic carboxylic acids is 1. The summed E-state index contributed by atoms with van der Waals surface area (Å²) < 4.78 is 5.51. The van der Waals surface area contributed by atoms with E-state index in [0.717, 1.165) is 28.7 Å². The molecule has 3 rings (SSSR count). The molecule has 1 unspecified atom stereocenters. The third kappa shape index (κ3) is 5.90. The van der Waals surface area contributed by atoms with Crippen LogP contribution in [0.4, 0.5) is 4.79 Å². The van der Waals surface area contributed by atoms with E-state index < -0.39 is 30.1 Å². The number of hydrogen-bond donors (Lipinski definition) is 4. The first-order valence-electron chi connectivity index (χ1n) is 11.2. The van der Waals surface area contributed by atoms with Crippen LogP contribution in [0.5, 0.6) is 0 Å². The second-order valence-electron chi connectivity index (χ2n) is 8.08. The predicted octanol–water partition coefficient (Wildman–Crippen LogP) is 3.04. The molecule has 0 saturated carbocycles. The minimum Gasteiger partial charge on any atom is -0.480 e. The molecule has 0 radical (unpaired) electrons. The van der Waals surface area contributed by atoms with Gasteiger partial charge in [-0.15, -0.1) is 0 Å². The Balaban J connectivity index is 1.65. The van der Waals surface area contributed by atoms with Crippen LogP contribution in [-0.2, 0) is 14.3 Å². The van der Waals surface area contributed by atoms with Gasteiger partial charge in [0.1, 0.15) is 18.7 Å². The van der Waals surface area contributed by atoms with Gasteiger partial charge in [0.05, 0.1) is 0 Å². The largest absolute Gasteiger partial charge is 0.480 e. The van der Waals surface area contributed by atoms with E-state index in [1.807, 2.05) is 55.5 Å². The van der Waals surface area contributed by atoms with Crippen molar-refractivity contribution in [2.24, 2.45) is 0 Å². The summed E-state index contributed by atoms with van der Waals surface area (Å²) in [6, 6.07) is 13.8. The van der Waals surface area contributed by atoms with Gasteiger partial charge in [0.25, 0.3) is 0 Å². The Morgan fingerprint density at radius 3 is 2.09 bits per heavy atom. The van der Waals surface area contributed by atoms with Crippen molar-refractivity contribution in [3.05, 3.63) is 59.7 Å². The molecule has 0 saturated heterocycles. The van der Waals surface area contributed by atoms with E-state index in [1.165, 1.54) is 0 Å². The first kappa shape index (κ1) is 24.3. The van der Waals surface area contributed by atoms with Crippen molar-refractivity contribution in [3.63, 3.8) is 0 Å². The van der Waals surface area contributed by atoms with Gasteiger partial charge in [0.2, 0.25) is 5.91 Å². The molecule has 0 aliphatic heterocycles. The molecule has 2 aromatic rings. The molecule has 176 valence electrons. The Labute approximate surface area is 193 Å². The summed E-state index contributed by atoms with van der Waals surface area (Å²) >= 11 is 0. The number of benzene rings is 2. The SMILES string of the molecule is CCCCC(NC(=O)OCC1c2ccccc2-c2ccccc21)C(=O)N[C@H](CCO)C(=O)O. The topological polar surface area (TPSA) is 125 Å². The Hall–Kier alpha value is -3.39. The first-order chi connectivity index (χ1) is 16.0. The number of amides is 2. The van der Waals surface area contributed by atoms with Gasteiger partial charge in [-0.2, -0.15) is 0 Å². The lowest BCUT2D eigenvalue weighted by Crippen LogP contribution is -2.52. The third-order valence-corrected chi connectivity index (χ3v) is 5.83. The van der Waals surface area contributed by atoms with Gasteiger partial charge in [0, 0.05) is 18.9 Å². The Morgan fingerprint density at radius 1 is 0.939 bits per heavy atom. The zero-order valence-corrected chi connectivity index (χ0v) is 18.6. The van der Waals surface area contributed by atoms with E-state index in [4.69, 9.17) is 9.84 Å². The molecule has 4 N–H and O–H groups in total. The summed E-state index contributed by atoms with van der Waals surface area (Å²) in [5.74, 6) is -1.96. The zero-order valence-electron chi connectivity index (χ0n) is 18.6. The van der Waals surface area contributed by atoms with Crippen molar-refractivity contribution < 1.29 is 29.3 Å². The van der Waals surface area contributed by atoms with Crippen molar-refractivity contribution in [3.8, 4) is 11.1 Å². The summed E-state index contributed by atoms with van der Waals surface area (Å²) in [6.45, 7) is 1.69. The molecule has 8 heteroatoms. The molecule has 2 amide bonds. The minimum atomic E-state index is -1.24. The number of alkyl carbamates (subject to hydrolysis) is 1. The van der Waals surface area contributed by atoms with Gasteiger partial charge >= 0.3 is 12.1 Å². The van der Waals surface area contributed by atoms with Gasteiger partial charge in [-0.05, 0) is 28.7 Å². The number of carboxylic acids is 1. The Bertz CT molecular complexity index is 947. The third-order valence-electron chi connectivity index (χ3n) is 5.83. The van der Waals surface area contributed by atoms with E-state index in [9.17, 15) is 19.5 Å². The smallest absolute Gasteiger partial charge is 0.407 e. The molecule has 33 heavy (non-hydrogen) atoms. The highest BCUT2D eigenvalue weighted by atomic mass is 16.5. The monoisotopic (exact) mass is 454 g/mol. The van der Waals surface area contributed by atoms with Gasteiger partial charge in [-0.1, -0.05) is 68.3 Å². The summed E-state index contributed by atoms with van der Waals surface area (Å²) in [4.78, 5) is 36.5. The van der Waals surface area contributed by atoms with E-state index >= 15 is 0 Å². The number of carboxylic acid groups (broad SMARTS) is 1. The van der Waals surface area contributed by atoms with Gasteiger partial charge in [-0.3, -0.25) is 4.79 Å². The van der Waals surface area contributed by atoms with Crippen LogP contribution in [0.25, 0.3) is 11.1 Å². The fourth-order valence-corrected chi connectivity index (χ4v) is 4.12. The Kier molecular flexibility index (Phi) is 8.43. The van der Waals surface area contributed by atoms with E-state index in [-0.39, 0.29) is 25.6 Å². The van der Waals surface area contributed by atoms with Crippen LogP contribution >= 0.6 is 0 Å². The number of aliphatic hydroxyl groups is 1. The maximum atomic E-state index is 12.6. The molecule has 2 aromatic carbocycles. The highest BCUT2D eigenvalue weighted by Gasteiger charge is 2.30. The fourth-order valence-electron chi connectivity index (χ4n) is 4.12. The average molecular weight is 455 g/mol. The quantitative estimate of drug-likeness (QED) is 0.414. The van der Waals surface area contributed by atoms with Crippen LogP contribution in [0.15, 0.2) is 48.5 Å². The lowest BCUT2D eigenvalue weighted by atomic mass is 9.98. The number of ether oxygens (including phenoxy) is 1. The molecular weight excluding hydrogens is 424 g/mol. The van der Waals surface area contributed by atoms with Crippen molar-refractivity contribution >= 4 is 18.0 Å². The van der Waals surface area contributed by atoms with Gasteiger partial charge in [-0.25, -0.2) is 9.59 Å². The van der Waals surface area contributed by atoms with Crippen molar-refractivity contribution in [2.45, 2.75) is 50.6 Å². The normalized spacial score (nSPS) is 14.0. The van der Waals surface area contributed by atoms with E-state index in [2.05, 4.69) is 10.6 Å². The molecule has 0 fully saturated rings. The number of unbranched alkanes of at least 4 members (excludes halogenated alkanes) is 1. The van der Waals surface area contributed by atoms with Crippen LogP contribution in [0.2, 0.25) is 0 Å². The average Bonchev–Trinajstić information content (AvgIpc) is 3.13. The fraction of sp³-hybridized carbons (Fsp3) is 0.400. The number of carbonyl (C=O) groups excluding carboxylic acids is 2. The van der Waals surface area contributed by atoms with Gasteiger partial charge in [0.15, 0.2) is 0 Å². The van der Waals surface area contributed by atoms with Crippen LogP contribution in [0.3, 0.4) is 0 Å². The number of fused-ring (bicyclic) bond motifs is 3. The summed E-state index contributed by atoms with van der Waals surface area (Å²) in [6.07, 6.45) is 0.959. The molecule has 1 aliphatic carbocycles. The molecule has 0 spiro atoms. The number of carbonyl (C=O) groups is 3. The number of aliphatic hydroxyl groups excluding tert-OH is 1. The summed E-state index contributed by atoms with van der Waals surface area (Å²) in [5, 5.41) is 23.2. The van der Waals surface area contributed by atoms with E-state index in [0.29, 0.717) is 12.8 Å². The highest BCUT2D eigenvalue weighted by molar-refractivity contribution is 5.89. The van der Waals surface area contributed by atoms with Crippen molar-refractivity contribution in [1.82, 2.24) is 10.6 Å². The lowest BCUT2D eigenvalue weighted by Gasteiger charge is -2.21. The summed E-state index contributed by atoms with van der Waals surface area (Å²) in [7, 11) is 0. The maximum Gasteiger partial charge on any atom is 0.407 e. The predicted molar refractivity (Wildman–Crippen MR) is 123 cm³/mol. The second kappa shape index (κ2) is 11.5. The maximum absolute atomic E-state index is 12.6. The number of rotatable bonds is 11. The molecule has 0 aromatic heterocycles. The molecule has 0 heterocycles. The molecule has 1 aliphatic rings. The number of nitrogens with one attached hydrogen (secondary N) is 2. The van der Waals surface area contributed by atoms with Crippen molar-refractivity contribution in [1.29, 1.82) is 0 Å². The molecular formula is C25H30N2O6. The van der Waals surface area contributed by atoms with Crippen LogP contribution in [0.1, 0.15) is 49.7 Å². The van der Waals surface area contributed by atoms with Crippen LogP contribution < -0.4 is 10.6 Å². The van der Waals surface area contributed by atoms with Crippen LogP contribution in [-0.4, -0.2) is 53.5 Å². The van der Waals surface area contributed by atoms with E-state index in [1.54, 1.807) is 0 Å². The Morgan fingerprint density at radius 2 is 1.55 bits per heavy atom. The number of hydrogen-bond acceptors (Lipinski definition) is 5. The minimum absolute atomic E-state index is 0.105. The first-order valence-corrected chi connectivity index (χ1v) is 11.2. The lowest BCUT2D eigenvalue weighted by molar-refractivity contribution is -0.142. The van der Waals surface area contributed by atoms with Gasteiger partial charge < -0.3 is 25.6 Å². The zero-order chi connectivity index (χ0) is 23.8. The highest BCUT2D eigenvalue weighted by Crippen LogP contribution is 2.44. The molecule has 8 nitrogen and oxygen atoms in total. The summed E-state index contributed by atoms with van der Waals surface area (Å²) in [5.41, 5.74) is 4.40. The standard InChI is InChI=1S/C25H30N2O6/c1-2-3-12-21(23(29)26-22(13-14-28)24(30)31)27-25(32)33-15-20-18-10-6-4-8-16(18)17-9-5-7-11-19(17)20/h4-11,20-22,28H,2-3,12-15H2,1H3,(H,26,29)(H,27,32)(H,30,31)/t21?,22-/m1/s1. The molecule has 0 bridgehead atoms.